The fourth-order valence-electron chi connectivity index (χ4n) is 5.98. The number of benzene rings is 1. The molecule has 2 aliphatic rings. The van der Waals surface area contributed by atoms with Crippen molar-refractivity contribution in [3.63, 3.8) is 0 Å². The summed E-state index contributed by atoms with van der Waals surface area (Å²) in [5, 5.41) is 21.3. The molecule has 212 valence electrons. The summed E-state index contributed by atoms with van der Waals surface area (Å²) in [4.78, 5) is 28.8. The summed E-state index contributed by atoms with van der Waals surface area (Å²) in [7, 11) is 0. The third-order valence-corrected chi connectivity index (χ3v) is 8.74. The Kier molecular flexibility index (Phi) is 7.55. The number of aromatic nitrogens is 6. The Morgan fingerprint density at radius 1 is 1.07 bits per heavy atom. The molecule has 6 rings (SSSR count). The van der Waals surface area contributed by atoms with Crippen molar-refractivity contribution in [3.05, 3.63) is 46.4 Å². The smallest absolute Gasteiger partial charge is 0.394 e. The topological polar surface area (TPSA) is 147 Å². The van der Waals surface area contributed by atoms with Crippen LogP contribution in [0.3, 0.4) is 0 Å². The number of aliphatic hydroxyl groups is 1. The van der Waals surface area contributed by atoms with Crippen LogP contribution in [-0.4, -0.2) is 47.4 Å². The Bertz CT molecular complexity index is 1480. The Labute approximate surface area is 232 Å². The fourth-order valence-corrected chi connectivity index (χ4v) is 5.98. The van der Waals surface area contributed by atoms with E-state index in [0.717, 1.165) is 36.4 Å². The van der Waals surface area contributed by atoms with Gasteiger partial charge in [-0.05, 0) is 55.9 Å². The molecule has 0 amide bonds. The summed E-state index contributed by atoms with van der Waals surface area (Å²) in [5.41, 5.74) is 2.28. The second-order valence-electron chi connectivity index (χ2n) is 11.6. The maximum Gasteiger partial charge on any atom is 0.439 e. The van der Waals surface area contributed by atoms with Crippen LogP contribution >= 0.6 is 0 Å². The van der Waals surface area contributed by atoms with Crippen LogP contribution in [0.5, 0.6) is 0 Å². The molecule has 0 spiro atoms. The van der Waals surface area contributed by atoms with E-state index in [-0.39, 0.29) is 30.3 Å². The highest BCUT2D eigenvalue weighted by molar-refractivity contribution is 5.87. The van der Waals surface area contributed by atoms with Crippen LogP contribution in [0.4, 0.5) is 11.8 Å². The van der Waals surface area contributed by atoms with Gasteiger partial charge in [-0.3, -0.25) is 9.51 Å². The van der Waals surface area contributed by atoms with Gasteiger partial charge in [0.05, 0.1) is 12.6 Å². The van der Waals surface area contributed by atoms with E-state index in [1.165, 1.54) is 32.1 Å². The number of hydrogen-bond acceptors (Lipinski definition) is 9. The highest BCUT2D eigenvalue weighted by atomic mass is 16.5. The molecule has 0 bridgehead atoms. The van der Waals surface area contributed by atoms with E-state index in [2.05, 4.69) is 39.2 Å². The van der Waals surface area contributed by atoms with Crippen LogP contribution in [0.1, 0.15) is 70.4 Å². The van der Waals surface area contributed by atoms with Crippen LogP contribution in [0.15, 0.2) is 39.6 Å². The zero-order valence-electron chi connectivity index (χ0n) is 23.1. The molecule has 4 aromatic rings. The number of rotatable bonds is 10. The minimum Gasteiger partial charge on any atom is -0.394 e. The van der Waals surface area contributed by atoms with Crippen LogP contribution < -0.4 is 16.4 Å². The molecule has 0 radical (unpaired) electrons. The van der Waals surface area contributed by atoms with E-state index in [1.807, 2.05) is 30.3 Å². The maximum absolute atomic E-state index is 11.7. The second kappa shape index (κ2) is 11.4. The van der Waals surface area contributed by atoms with Gasteiger partial charge in [0, 0.05) is 12.6 Å². The lowest BCUT2D eigenvalue weighted by molar-refractivity contribution is 0.264. The molecular weight excluding hydrogens is 508 g/mol. The van der Waals surface area contributed by atoms with E-state index in [0.29, 0.717) is 29.2 Å². The standard InChI is InChI=1S/C29H38N8O3/c1-17-11-13-19(14-12-17)15-37-23-24(30-18(2)20-9-6-10-20)32-26(27-35-29(39)40-36-27)33-25(23)34-28(37)31-22(16-38)21-7-4-3-5-8-21/h3-5,7-8,17-20,22,38H,6,9-16H2,1-2H3,(H,35,36,39)(H2,30,31,32,33,34)/t17?,18-,19?,22?/m1/s1. The number of H-pyrrole nitrogens is 1. The number of aliphatic hydroxyl groups excluding tert-OH is 1. The zero-order chi connectivity index (χ0) is 27.6. The molecule has 2 atom stereocenters. The summed E-state index contributed by atoms with van der Waals surface area (Å²) in [6.07, 6.45) is 8.36. The van der Waals surface area contributed by atoms with E-state index >= 15 is 0 Å². The number of anilines is 2. The monoisotopic (exact) mass is 546 g/mol. The Balaban J connectivity index is 1.46. The highest BCUT2D eigenvalue weighted by Crippen LogP contribution is 2.36. The molecule has 1 unspecified atom stereocenters. The van der Waals surface area contributed by atoms with Gasteiger partial charge in [-0.2, -0.15) is 4.98 Å². The molecule has 11 nitrogen and oxygen atoms in total. The molecule has 1 aromatic carbocycles. The van der Waals surface area contributed by atoms with Crippen LogP contribution in [0, 0.1) is 17.8 Å². The van der Waals surface area contributed by atoms with Gasteiger partial charge in [0.2, 0.25) is 17.6 Å². The molecular formula is C29H38N8O3. The highest BCUT2D eigenvalue weighted by Gasteiger charge is 2.29. The van der Waals surface area contributed by atoms with Crippen molar-refractivity contribution in [2.24, 2.45) is 17.8 Å². The van der Waals surface area contributed by atoms with Gasteiger partial charge in [-0.15, -0.1) is 0 Å². The largest absolute Gasteiger partial charge is 0.439 e. The SMILES string of the molecule is CC1CCC(Cn2c(NC(CO)c3ccccc3)nc3nc(-c4noc(=O)[nH]4)nc(N[C@H](C)C4CCC4)c32)CC1. The van der Waals surface area contributed by atoms with Gasteiger partial charge < -0.3 is 20.3 Å². The first-order valence-corrected chi connectivity index (χ1v) is 14.5. The number of hydrogen-bond donors (Lipinski definition) is 4. The summed E-state index contributed by atoms with van der Waals surface area (Å²) < 4.78 is 6.93. The van der Waals surface area contributed by atoms with E-state index in [1.54, 1.807) is 0 Å². The van der Waals surface area contributed by atoms with Gasteiger partial charge >= 0.3 is 5.76 Å². The molecule has 0 aliphatic heterocycles. The van der Waals surface area contributed by atoms with Crippen molar-refractivity contribution in [2.45, 2.75) is 77.4 Å². The Morgan fingerprint density at radius 2 is 1.85 bits per heavy atom. The van der Waals surface area contributed by atoms with Crippen molar-refractivity contribution >= 4 is 22.9 Å². The molecule has 4 N–H and O–H groups in total. The third kappa shape index (κ3) is 5.47. The summed E-state index contributed by atoms with van der Waals surface area (Å²) in [6, 6.07) is 9.75. The Morgan fingerprint density at radius 3 is 2.50 bits per heavy atom. The lowest BCUT2D eigenvalue weighted by atomic mass is 9.80. The van der Waals surface area contributed by atoms with Crippen LogP contribution in [0.2, 0.25) is 0 Å². The van der Waals surface area contributed by atoms with Gasteiger partial charge in [0.1, 0.15) is 5.52 Å². The third-order valence-electron chi connectivity index (χ3n) is 8.74. The number of nitrogens with zero attached hydrogens (tertiary/aromatic N) is 5. The molecule has 2 fully saturated rings. The molecule has 3 heterocycles. The number of imidazole rings is 1. The first-order chi connectivity index (χ1) is 19.5. The number of fused-ring (bicyclic) bond motifs is 1. The van der Waals surface area contributed by atoms with Crippen molar-refractivity contribution in [1.29, 1.82) is 0 Å². The summed E-state index contributed by atoms with van der Waals surface area (Å²) in [6.45, 7) is 5.20. The quantitative estimate of drug-likeness (QED) is 0.221. The van der Waals surface area contributed by atoms with Crippen LogP contribution in [0.25, 0.3) is 22.8 Å². The van der Waals surface area contributed by atoms with E-state index in [9.17, 15) is 9.90 Å². The van der Waals surface area contributed by atoms with Gasteiger partial charge in [-0.25, -0.2) is 14.8 Å². The molecule has 2 aliphatic carbocycles. The second-order valence-corrected chi connectivity index (χ2v) is 11.6. The van der Waals surface area contributed by atoms with Gasteiger partial charge in [-0.1, -0.05) is 61.7 Å². The Hall–Kier alpha value is -3.73. The molecule has 2 saturated carbocycles. The average molecular weight is 547 g/mol. The summed E-state index contributed by atoms with van der Waals surface area (Å²) in [5.74, 6) is 2.86. The maximum atomic E-state index is 11.7. The van der Waals surface area contributed by atoms with Crippen molar-refractivity contribution in [2.75, 3.05) is 17.2 Å². The molecule has 11 heteroatoms. The lowest BCUT2D eigenvalue weighted by Gasteiger charge is -2.32. The van der Waals surface area contributed by atoms with Crippen molar-refractivity contribution in [3.8, 4) is 11.6 Å². The summed E-state index contributed by atoms with van der Waals surface area (Å²) >= 11 is 0. The van der Waals surface area contributed by atoms with E-state index in [4.69, 9.17) is 19.5 Å². The van der Waals surface area contributed by atoms with Gasteiger partial charge in [0.15, 0.2) is 11.5 Å². The van der Waals surface area contributed by atoms with Gasteiger partial charge in [0.25, 0.3) is 0 Å². The van der Waals surface area contributed by atoms with Crippen molar-refractivity contribution < 1.29 is 9.63 Å². The molecule has 40 heavy (non-hydrogen) atoms. The first-order valence-electron chi connectivity index (χ1n) is 14.5. The minimum atomic E-state index is -0.663. The first kappa shape index (κ1) is 26.5. The average Bonchev–Trinajstić information content (AvgIpc) is 3.51. The fraction of sp³-hybridized carbons (Fsp3) is 0.552. The predicted octanol–water partition coefficient (Wildman–Crippen LogP) is 4.74. The number of nitrogens with one attached hydrogen (secondary N) is 3. The molecule has 3 aromatic heterocycles. The lowest BCUT2D eigenvalue weighted by Crippen LogP contribution is -2.31. The molecule has 0 saturated heterocycles. The normalized spacial score (nSPS) is 21.2. The van der Waals surface area contributed by atoms with E-state index < -0.39 is 5.76 Å². The minimum absolute atomic E-state index is 0.0882. The zero-order valence-corrected chi connectivity index (χ0v) is 23.1. The number of aromatic amines is 1. The predicted molar refractivity (Wildman–Crippen MR) is 153 cm³/mol. The van der Waals surface area contributed by atoms with Crippen molar-refractivity contribution in [1.82, 2.24) is 29.7 Å². The van der Waals surface area contributed by atoms with Crippen LogP contribution in [-0.2, 0) is 6.54 Å².